The molecule has 0 aliphatic rings. The van der Waals surface area contributed by atoms with Crippen molar-refractivity contribution in [1.29, 1.82) is 0 Å². The third-order valence-corrected chi connectivity index (χ3v) is 4.92. The number of hydrogen-bond acceptors (Lipinski definition) is 4. The number of carboxylic acid groups (broad SMARTS) is 1. The van der Waals surface area contributed by atoms with Crippen molar-refractivity contribution in [2.24, 2.45) is 0 Å². The lowest BCUT2D eigenvalue weighted by atomic mass is 10.0. The summed E-state index contributed by atoms with van der Waals surface area (Å²) >= 11 is 1.54. The first kappa shape index (κ1) is 20.7. The minimum Gasteiger partial charge on any atom is -0.481 e. The Morgan fingerprint density at radius 1 is 1.00 bits per heavy atom. The normalized spacial score (nSPS) is 10.4. The van der Waals surface area contributed by atoms with Crippen LogP contribution in [0, 0.1) is 6.92 Å². The third-order valence-electron chi connectivity index (χ3n) is 3.89. The van der Waals surface area contributed by atoms with Gasteiger partial charge in [-0.3, -0.25) is 14.4 Å². The van der Waals surface area contributed by atoms with Gasteiger partial charge in [-0.2, -0.15) is 11.8 Å². The lowest BCUT2D eigenvalue weighted by molar-refractivity contribution is -0.136. The van der Waals surface area contributed by atoms with Gasteiger partial charge in [0.1, 0.15) is 0 Å². The molecule has 1 amide bonds. The Morgan fingerprint density at radius 2 is 1.74 bits per heavy atom. The molecule has 2 aromatic carbocycles. The highest BCUT2D eigenvalue weighted by Gasteiger charge is 2.10. The van der Waals surface area contributed by atoms with E-state index in [4.69, 9.17) is 5.11 Å². The van der Waals surface area contributed by atoms with Crippen LogP contribution in [-0.4, -0.2) is 28.5 Å². The molecule has 2 N–H and O–H groups in total. The van der Waals surface area contributed by atoms with Crippen molar-refractivity contribution in [2.75, 3.05) is 11.1 Å². The SMILES string of the molecule is Cc1ccc(C(=O)CCC(=O)Nc2cccc(CSCCC(=O)O)c2)cc1. The summed E-state index contributed by atoms with van der Waals surface area (Å²) in [6.45, 7) is 1.96. The fourth-order valence-electron chi connectivity index (χ4n) is 2.42. The Hall–Kier alpha value is -2.60. The molecule has 0 fully saturated rings. The Balaban J connectivity index is 1.79. The molecule has 0 spiro atoms. The zero-order chi connectivity index (χ0) is 19.6. The summed E-state index contributed by atoms with van der Waals surface area (Å²) in [7, 11) is 0. The van der Waals surface area contributed by atoms with Crippen molar-refractivity contribution in [3.05, 3.63) is 65.2 Å². The number of Topliss-reactive ketones (excluding diaryl/α,β-unsaturated/α-hetero) is 1. The molecule has 0 saturated carbocycles. The molecule has 6 heteroatoms. The molecule has 0 unspecified atom stereocenters. The number of aryl methyl sites for hydroxylation is 1. The van der Waals surface area contributed by atoms with Gasteiger partial charge in [0.15, 0.2) is 5.78 Å². The number of nitrogens with one attached hydrogen (secondary N) is 1. The average molecular weight is 385 g/mol. The van der Waals surface area contributed by atoms with Gasteiger partial charge < -0.3 is 10.4 Å². The van der Waals surface area contributed by atoms with Gasteiger partial charge in [-0.1, -0.05) is 42.0 Å². The molecule has 0 aliphatic carbocycles. The van der Waals surface area contributed by atoms with Crippen LogP contribution in [0.4, 0.5) is 5.69 Å². The number of aliphatic carboxylic acids is 1. The predicted molar refractivity (Wildman–Crippen MR) is 108 cm³/mol. The van der Waals surface area contributed by atoms with Gasteiger partial charge in [0.2, 0.25) is 5.91 Å². The second-order valence-electron chi connectivity index (χ2n) is 6.23. The minimum atomic E-state index is -0.802. The Kier molecular flexibility index (Phi) is 8.07. The van der Waals surface area contributed by atoms with Crippen molar-refractivity contribution in [1.82, 2.24) is 0 Å². The highest BCUT2D eigenvalue weighted by Crippen LogP contribution is 2.18. The van der Waals surface area contributed by atoms with Gasteiger partial charge in [0, 0.05) is 35.6 Å². The Labute approximate surface area is 163 Å². The lowest BCUT2D eigenvalue weighted by Gasteiger charge is -2.08. The van der Waals surface area contributed by atoms with Crippen LogP contribution < -0.4 is 5.32 Å². The standard InChI is InChI=1S/C21H23NO4S/c1-15-5-7-17(8-6-15)19(23)9-10-20(24)22-18-4-2-3-16(13-18)14-27-12-11-21(25)26/h2-8,13H,9-12,14H2,1H3,(H,22,24)(H,25,26). The van der Waals surface area contributed by atoms with Crippen LogP contribution in [0.3, 0.4) is 0 Å². The third kappa shape index (κ3) is 7.66. The predicted octanol–water partition coefficient (Wildman–Crippen LogP) is 4.30. The van der Waals surface area contributed by atoms with E-state index >= 15 is 0 Å². The molecule has 0 bridgehead atoms. The van der Waals surface area contributed by atoms with E-state index in [1.165, 1.54) is 11.8 Å². The summed E-state index contributed by atoms with van der Waals surface area (Å²) in [5, 5.41) is 11.5. The quantitative estimate of drug-likeness (QED) is 0.470. The average Bonchev–Trinajstić information content (AvgIpc) is 2.64. The number of benzene rings is 2. The number of amides is 1. The number of carbonyl (C=O) groups is 3. The number of anilines is 1. The molecule has 142 valence electrons. The second kappa shape index (κ2) is 10.5. The zero-order valence-corrected chi connectivity index (χ0v) is 16.1. The number of ketones is 1. The van der Waals surface area contributed by atoms with Crippen LogP contribution in [0.15, 0.2) is 48.5 Å². The molecular formula is C21H23NO4S. The maximum Gasteiger partial charge on any atom is 0.304 e. The molecule has 0 aliphatic heterocycles. The molecule has 0 saturated heterocycles. The van der Waals surface area contributed by atoms with E-state index in [9.17, 15) is 14.4 Å². The van der Waals surface area contributed by atoms with Crippen molar-refractivity contribution in [3.63, 3.8) is 0 Å². The van der Waals surface area contributed by atoms with E-state index < -0.39 is 5.97 Å². The largest absolute Gasteiger partial charge is 0.481 e. The van der Waals surface area contributed by atoms with Gasteiger partial charge in [0.05, 0.1) is 6.42 Å². The van der Waals surface area contributed by atoms with Crippen LogP contribution >= 0.6 is 11.8 Å². The molecule has 0 aromatic heterocycles. The summed E-state index contributed by atoms with van der Waals surface area (Å²) in [5.41, 5.74) is 3.40. The molecule has 27 heavy (non-hydrogen) atoms. The van der Waals surface area contributed by atoms with Crippen LogP contribution in [0.25, 0.3) is 0 Å². The van der Waals surface area contributed by atoms with Crippen LogP contribution in [-0.2, 0) is 15.3 Å². The molecule has 2 rings (SSSR count). The van der Waals surface area contributed by atoms with E-state index in [2.05, 4.69) is 5.32 Å². The van der Waals surface area contributed by atoms with Crippen molar-refractivity contribution >= 4 is 35.1 Å². The zero-order valence-electron chi connectivity index (χ0n) is 15.2. The van der Waals surface area contributed by atoms with E-state index in [0.717, 1.165) is 11.1 Å². The number of rotatable bonds is 10. The molecule has 0 atom stereocenters. The fraction of sp³-hybridized carbons (Fsp3) is 0.286. The van der Waals surface area contributed by atoms with Gasteiger partial charge in [-0.25, -0.2) is 0 Å². The van der Waals surface area contributed by atoms with Crippen LogP contribution in [0.1, 0.15) is 40.7 Å². The van der Waals surface area contributed by atoms with E-state index in [0.29, 0.717) is 22.8 Å². The maximum atomic E-state index is 12.1. The number of carboxylic acids is 1. The molecular weight excluding hydrogens is 362 g/mol. The second-order valence-corrected chi connectivity index (χ2v) is 7.34. The molecule has 2 aromatic rings. The molecule has 0 radical (unpaired) electrons. The summed E-state index contributed by atoms with van der Waals surface area (Å²) in [6.07, 6.45) is 0.431. The van der Waals surface area contributed by atoms with Gasteiger partial charge in [-0.15, -0.1) is 0 Å². The lowest BCUT2D eigenvalue weighted by Crippen LogP contribution is -2.13. The van der Waals surface area contributed by atoms with Crippen LogP contribution in [0.2, 0.25) is 0 Å². The topological polar surface area (TPSA) is 83.5 Å². The Bertz CT molecular complexity index is 802. The summed E-state index contributed by atoms with van der Waals surface area (Å²) < 4.78 is 0. The van der Waals surface area contributed by atoms with Gasteiger partial charge in [-0.05, 0) is 24.6 Å². The smallest absolute Gasteiger partial charge is 0.304 e. The highest BCUT2D eigenvalue weighted by atomic mass is 32.2. The summed E-state index contributed by atoms with van der Waals surface area (Å²) in [6, 6.07) is 14.8. The molecule has 5 nitrogen and oxygen atoms in total. The number of thioether (sulfide) groups is 1. The summed E-state index contributed by atoms with van der Waals surface area (Å²) in [4.78, 5) is 34.8. The van der Waals surface area contributed by atoms with E-state index in [-0.39, 0.29) is 31.0 Å². The van der Waals surface area contributed by atoms with Crippen LogP contribution in [0.5, 0.6) is 0 Å². The molecule has 0 heterocycles. The first-order valence-electron chi connectivity index (χ1n) is 8.72. The minimum absolute atomic E-state index is 0.0475. The van der Waals surface area contributed by atoms with Crippen molar-refractivity contribution in [3.8, 4) is 0 Å². The first-order chi connectivity index (χ1) is 12.9. The monoisotopic (exact) mass is 385 g/mol. The van der Waals surface area contributed by atoms with Crippen molar-refractivity contribution in [2.45, 2.75) is 31.9 Å². The first-order valence-corrected chi connectivity index (χ1v) is 9.87. The highest BCUT2D eigenvalue weighted by molar-refractivity contribution is 7.98. The number of carbonyl (C=O) groups excluding carboxylic acids is 2. The number of hydrogen-bond donors (Lipinski definition) is 2. The van der Waals surface area contributed by atoms with Gasteiger partial charge in [0.25, 0.3) is 0 Å². The van der Waals surface area contributed by atoms with E-state index in [1.807, 2.05) is 37.3 Å². The Morgan fingerprint density at radius 3 is 2.44 bits per heavy atom. The maximum absolute atomic E-state index is 12.1. The summed E-state index contributed by atoms with van der Waals surface area (Å²) in [5.74, 6) is 0.180. The fourth-order valence-corrected chi connectivity index (χ4v) is 3.30. The van der Waals surface area contributed by atoms with E-state index in [1.54, 1.807) is 18.2 Å². The van der Waals surface area contributed by atoms with Gasteiger partial charge >= 0.3 is 5.97 Å². The van der Waals surface area contributed by atoms with Crippen molar-refractivity contribution < 1.29 is 19.5 Å².